The summed E-state index contributed by atoms with van der Waals surface area (Å²) in [4.78, 5) is 25.7. The first kappa shape index (κ1) is 23.4. The summed E-state index contributed by atoms with van der Waals surface area (Å²) in [6, 6.07) is 19.0. The van der Waals surface area contributed by atoms with Crippen LogP contribution in [0, 0.1) is 0 Å². The number of rotatable bonds is 8. The number of benzene rings is 3. The molecule has 0 spiro atoms. The van der Waals surface area contributed by atoms with Crippen LogP contribution in [-0.4, -0.2) is 39.0 Å². The molecule has 1 aliphatic rings. The topological polar surface area (TPSA) is 107 Å². The molecule has 2 amide bonds. The molecule has 1 heterocycles. The highest BCUT2D eigenvalue weighted by Crippen LogP contribution is 2.33. The van der Waals surface area contributed by atoms with Crippen molar-refractivity contribution in [3.8, 4) is 23.0 Å². The van der Waals surface area contributed by atoms with Gasteiger partial charge in [0.2, 0.25) is 6.79 Å². The van der Waals surface area contributed by atoms with Crippen LogP contribution in [0.1, 0.15) is 21.5 Å². The summed E-state index contributed by atoms with van der Waals surface area (Å²) in [5.41, 5.74) is 4.11. The third kappa shape index (κ3) is 5.77. The van der Waals surface area contributed by atoms with E-state index in [1.54, 1.807) is 73.8 Å². The third-order valence-corrected chi connectivity index (χ3v) is 5.05. The zero-order valence-electron chi connectivity index (χ0n) is 19.1. The van der Waals surface area contributed by atoms with E-state index in [2.05, 4.69) is 15.8 Å². The summed E-state index contributed by atoms with van der Waals surface area (Å²) in [5, 5.41) is 6.68. The number of nitrogens with zero attached hydrogens (tertiary/aromatic N) is 1. The molecule has 0 unspecified atom stereocenters. The molecule has 0 saturated heterocycles. The fourth-order valence-corrected chi connectivity index (χ4v) is 3.26. The number of methoxy groups -OCH3 is 2. The summed E-state index contributed by atoms with van der Waals surface area (Å²) in [7, 11) is 3.08. The normalized spacial score (nSPS) is 12.3. The Kier molecular flexibility index (Phi) is 7.27. The second-order valence-corrected chi connectivity index (χ2v) is 7.30. The number of amides is 2. The van der Waals surface area contributed by atoms with Gasteiger partial charge in [0.25, 0.3) is 11.8 Å². The number of ether oxygens (including phenoxy) is 4. The van der Waals surface area contributed by atoms with Crippen LogP contribution in [0.2, 0.25) is 0 Å². The van der Waals surface area contributed by atoms with Crippen molar-refractivity contribution in [1.29, 1.82) is 0 Å². The van der Waals surface area contributed by atoms with Crippen molar-refractivity contribution in [2.75, 3.05) is 21.0 Å². The Morgan fingerprint density at radius 2 is 1.74 bits per heavy atom. The van der Waals surface area contributed by atoms with Crippen molar-refractivity contribution in [2.45, 2.75) is 0 Å². The average molecular weight is 473 g/mol. The minimum Gasteiger partial charge on any atom is -0.497 e. The van der Waals surface area contributed by atoms with Crippen molar-refractivity contribution in [3.63, 3.8) is 0 Å². The van der Waals surface area contributed by atoms with Crippen LogP contribution in [0.4, 0.5) is 0 Å². The van der Waals surface area contributed by atoms with Crippen molar-refractivity contribution in [1.82, 2.24) is 10.7 Å². The van der Waals surface area contributed by atoms with E-state index in [9.17, 15) is 9.59 Å². The van der Waals surface area contributed by atoms with Crippen molar-refractivity contribution >= 4 is 24.1 Å². The lowest BCUT2D eigenvalue weighted by Crippen LogP contribution is -2.32. The lowest BCUT2D eigenvalue weighted by molar-refractivity contribution is -0.117. The average Bonchev–Trinajstić information content (AvgIpc) is 3.36. The van der Waals surface area contributed by atoms with Gasteiger partial charge >= 0.3 is 0 Å². The number of hydrogen-bond donors (Lipinski definition) is 2. The molecular weight excluding hydrogens is 450 g/mol. The van der Waals surface area contributed by atoms with E-state index < -0.39 is 11.8 Å². The van der Waals surface area contributed by atoms with E-state index in [1.165, 1.54) is 19.4 Å². The van der Waals surface area contributed by atoms with Gasteiger partial charge in [-0.2, -0.15) is 5.10 Å². The molecule has 2 N–H and O–H groups in total. The van der Waals surface area contributed by atoms with E-state index in [0.29, 0.717) is 39.7 Å². The summed E-state index contributed by atoms with van der Waals surface area (Å²) >= 11 is 0. The summed E-state index contributed by atoms with van der Waals surface area (Å²) < 4.78 is 21.2. The molecule has 0 atom stereocenters. The molecule has 0 aliphatic carbocycles. The molecule has 35 heavy (non-hydrogen) atoms. The largest absolute Gasteiger partial charge is 0.497 e. The standard InChI is InChI=1S/C26H23N3O6/c1-32-20-10-9-19(23(14-20)33-2)15-27-29-26(31)21(28-25(30)18-6-4-3-5-7-18)12-17-8-11-22-24(13-17)35-16-34-22/h3-15H,16H2,1-2H3,(H,28,30)(H,29,31). The smallest absolute Gasteiger partial charge is 0.287 e. The number of carbonyl (C=O) groups is 2. The Bertz CT molecular complexity index is 1290. The van der Waals surface area contributed by atoms with E-state index >= 15 is 0 Å². The van der Waals surface area contributed by atoms with E-state index in [1.807, 2.05) is 0 Å². The summed E-state index contributed by atoms with van der Waals surface area (Å²) in [6.45, 7) is 0.129. The molecule has 3 aromatic rings. The first-order valence-electron chi connectivity index (χ1n) is 10.6. The van der Waals surface area contributed by atoms with Crippen molar-refractivity contribution < 1.29 is 28.5 Å². The molecule has 9 heteroatoms. The van der Waals surface area contributed by atoms with E-state index in [-0.39, 0.29) is 12.5 Å². The first-order valence-corrected chi connectivity index (χ1v) is 10.6. The second kappa shape index (κ2) is 10.9. The molecule has 0 bridgehead atoms. The Balaban J connectivity index is 1.56. The Morgan fingerprint density at radius 3 is 2.51 bits per heavy atom. The molecule has 3 aromatic carbocycles. The maximum Gasteiger partial charge on any atom is 0.287 e. The Morgan fingerprint density at radius 1 is 0.943 bits per heavy atom. The van der Waals surface area contributed by atoms with Crippen LogP contribution < -0.4 is 29.7 Å². The van der Waals surface area contributed by atoms with Gasteiger partial charge in [-0.05, 0) is 48.0 Å². The van der Waals surface area contributed by atoms with E-state index in [0.717, 1.165) is 0 Å². The maximum atomic E-state index is 13.0. The Hall–Kier alpha value is -4.79. The highest BCUT2D eigenvalue weighted by molar-refractivity contribution is 6.05. The quantitative estimate of drug-likeness (QED) is 0.295. The highest BCUT2D eigenvalue weighted by atomic mass is 16.7. The molecule has 9 nitrogen and oxygen atoms in total. The van der Waals surface area contributed by atoms with Crippen LogP contribution in [0.5, 0.6) is 23.0 Å². The highest BCUT2D eigenvalue weighted by Gasteiger charge is 2.17. The van der Waals surface area contributed by atoms with Gasteiger partial charge in [0.1, 0.15) is 17.2 Å². The zero-order valence-corrected chi connectivity index (χ0v) is 19.1. The lowest BCUT2D eigenvalue weighted by atomic mass is 10.1. The number of hydrogen-bond acceptors (Lipinski definition) is 7. The SMILES string of the molecule is COc1ccc(C=NNC(=O)C(=Cc2ccc3c(c2)OCO3)NC(=O)c2ccccc2)c(OC)c1. The molecule has 0 saturated carbocycles. The fourth-order valence-electron chi connectivity index (χ4n) is 3.26. The molecule has 4 rings (SSSR count). The van der Waals surface area contributed by atoms with Gasteiger partial charge < -0.3 is 24.3 Å². The van der Waals surface area contributed by atoms with Crippen molar-refractivity contribution in [2.24, 2.45) is 5.10 Å². The van der Waals surface area contributed by atoms with Crippen LogP contribution in [0.3, 0.4) is 0 Å². The predicted molar refractivity (Wildman–Crippen MR) is 130 cm³/mol. The Labute approximate surface area is 202 Å². The van der Waals surface area contributed by atoms with Gasteiger partial charge in [0, 0.05) is 17.2 Å². The molecule has 0 radical (unpaired) electrons. The van der Waals surface area contributed by atoms with Gasteiger partial charge in [-0.25, -0.2) is 5.43 Å². The number of hydrazone groups is 1. The molecular formula is C26H23N3O6. The van der Waals surface area contributed by atoms with Gasteiger partial charge in [0.15, 0.2) is 11.5 Å². The van der Waals surface area contributed by atoms with Crippen molar-refractivity contribution in [3.05, 3.63) is 89.1 Å². The van der Waals surface area contributed by atoms with Crippen LogP contribution in [0.25, 0.3) is 6.08 Å². The molecule has 0 fully saturated rings. The third-order valence-electron chi connectivity index (χ3n) is 5.05. The molecule has 1 aliphatic heterocycles. The van der Waals surface area contributed by atoms with Crippen LogP contribution >= 0.6 is 0 Å². The minimum atomic E-state index is -0.615. The molecule has 0 aromatic heterocycles. The lowest BCUT2D eigenvalue weighted by Gasteiger charge is -2.10. The fraction of sp³-hybridized carbons (Fsp3) is 0.115. The monoisotopic (exact) mass is 473 g/mol. The van der Waals surface area contributed by atoms with Gasteiger partial charge in [-0.3, -0.25) is 9.59 Å². The van der Waals surface area contributed by atoms with Gasteiger partial charge in [-0.15, -0.1) is 0 Å². The van der Waals surface area contributed by atoms with Gasteiger partial charge in [0.05, 0.1) is 20.4 Å². The van der Waals surface area contributed by atoms with Gasteiger partial charge in [-0.1, -0.05) is 24.3 Å². The number of fused-ring (bicyclic) bond motifs is 1. The van der Waals surface area contributed by atoms with E-state index in [4.69, 9.17) is 18.9 Å². The first-order chi connectivity index (χ1) is 17.1. The molecule has 178 valence electrons. The predicted octanol–water partition coefficient (Wildman–Crippen LogP) is 3.35. The maximum absolute atomic E-state index is 13.0. The van der Waals surface area contributed by atoms with Crippen LogP contribution in [0.15, 0.2) is 77.5 Å². The number of carbonyl (C=O) groups excluding carboxylic acids is 2. The zero-order chi connectivity index (χ0) is 24.6. The minimum absolute atomic E-state index is 0.00318. The summed E-state index contributed by atoms with van der Waals surface area (Å²) in [5.74, 6) is 1.26. The number of nitrogens with one attached hydrogen (secondary N) is 2. The second-order valence-electron chi connectivity index (χ2n) is 7.30. The summed E-state index contributed by atoms with van der Waals surface area (Å²) in [6.07, 6.45) is 2.97. The van der Waals surface area contributed by atoms with Crippen LogP contribution in [-0.2, 0) is 4.79 Å².